The monoisotopic (exact) mass is 553 g/mol. The molecule has 0 atom stereocenters. The van der Waals surface area contributed by atoms with Crippen LogP contribution in [0.5, 0.6) is 5.75 Å². The molecule has 1 heterocycles. The number of aromatic nitrogens is 3. The fraction of sp³-hybridized carbons (Fsp3) is 0.120. The summed E-state index contributed by atoms with van der Waals surface area (Å²) in [4.78, 5) is 12.4. The number of aryl methyl sites for hydroxylation is 1. The minimum absolute atomic E-state index is 0.0465. The van der Waals surface area contributed by atoms with E-state index in [1.807, 2.05) is 60.0 Å². The molecule has 0 aliphatic heterocycles. The van der Waals surface area contributed by atoms with Gasteiger partial charge in [0.05, 0.1) is 19.1 Å². The van der Waals surface area contributed by atoms with Crippen LogP contribution in [0.3, 0.4) is 0 Å². The summed E-state index contributed by atoms with van der Waals surface area (Å²) in [6.07, 6.45) is 1.26. The van der Waals surface area contributed by atoms with Gasteiger partial charge in [0.1, 0.15) is 11.6 Å². The third kappa shape index (κ3) is 6.14. The van der Waals surface area contributed by atoms with Gasteiger partial charge in [0, 0.05) is 21.3 Å². The summed E-state index contributed by atoms with van der Waals surface area (Å²) < 4.78 is 21.7. The number of carbonyl (C=O) groups excluding carboxylic acids is 1. The van der Waals surface area contributed by atoms with Gasteiger partial charge >= 0.3 is 0 Å². The maximum absolute atomic E-state index is 13.8. The van der Waals surface area contributed by atoms with E-state index in [4.69, 9.17) is 4.74 Å². The van der Waals surface area contributed by atoms with Crippen molar-refractivity contribution in [1.82, 2.24) is 20.2 Å². The lowest BCUT2D eigenvalue weighted by Gasteiger charge is -2.11. The largest absolute Gasteiger partial charge is 0.497 e. The SMILES string of the molecule is COc1ccc(-c2nnc(SCC(=O)NN=Cc3cc(Br)ccc3F)n2-c2ccc(C)cc2)cc1. The summed E-state index contributed by atoms with van der Waals surface area (Å²) in [5, 5.41) is 13.1. The molecule has 0 fully saturated rings. The number of methoxy groups -OCH3 is 1. The van der Waals surface area contributed by atoms with E-state index in [0.717, 1.165) is 22.6 Å². The van der Waals surface area contributed by atoms with Crippen molar-refractivity contribution in [2.24, 2.45) is 5.10 Å². The molecule has 1 aromatic heterocycles. The maximum Gasteiger partial charge on any atom is 0.250 e. The second-order valence-corrected chi connectivity index (χ2v) is 9.31. The average Bonchev–Trinajstić information content (AvgIpc) is 3.29. The lowest BCUT2D eigenvalue weighted by atomic mass is 10.2. The molecule has 1 amide bonds. The van der Waals surface area contributed by atoms with Crippen LogP contribution in [0.2, 0.25) is 0 Å². The number of ether oxygens (including phenoxy) is 1. The summed E-state index contributed by atoms with van der Waals surface area (Å²) in [7, 11) is 1.61. The number of rotatable bonds is 8. The van der Waals surface area contributed by atoms with Crippen LogP contribution in [0.25, 0.3) is 17.1 Å². The van der Waals surface area contributed by atoms with Crippen molar-refractivity contribution in [1.29, 1.82) is 0 Å². The topological polar surface area (TPSA) is 81.4 Å². The zero-order chi connectivity index (χ0) is 24.8. The second kappa shape index (κ2) is 11.3. The Kier molecular flexibility index (Phi) is 7.94. The zero-order valence-corrected chi connectivity index (χ0v) is 21.3. The first-order chi connectivity index (χ1) is 16.9. The summed E-state index contributed by atoms with van der Waals surface area (Å²) in [6, 6.07) is 20.0. The van der Waals surface area contributed by atoms with Crippen LogP contribution in [0.4, 0.5) is 4.39 Å². The lowest BCUT2D eigenvalue weighted by molar-refractivity contribution is -0.118. The Bertz CT molecular complexity index is 1360. The Balaban J connectivity index is 1.52. The lowest BCUT2D eigenvalue weighted by Crippen LogP contribution is -2.20. The van der Waals surface area contributed by atoms with Crippen molar-refractivity contribution in [2.75, 3.05) is 12.9 Å². The number of amides is 1. The van der Waals surface area contributed by atoms with E-state index < -0.39 is 5.82 Å². The number of thioether (sulfide) groups is 1. The fourth-order valence-corrected chi connectivity index (χ4v) is 4.29. The Morgan fingerprint density at radius 3 is 2.60 bits per heavy atom. The van der Waals surface area contributed by atoms with Crippen molar-refractivity contribution in [3.63, 3.8) is 0 Å². The number of hydrogen-bond donors (Lipinski definition) is 1. The van der Waals surface area contributed by atoms with Crippen LogP contribution in [-0.4, -0.2) is 39.7 Å². The summed E-state index contributed by atoms with van der Waals surface area (Å²) in [5.41, 5.74) is 5.54. The standard InChI is InChI=1S/C25H21BrFN5O2S/c1-16-3-8-20(9-4-16)32-24(17-5-10-21(34-2)11-6-17)30-31-25(32)35-15-23(33)29-28-14-18-13-19(26)7-12-22(18)27/h3-14H,15H2,1-2H3,(H,29,33). The normalized spacial score (nSPS) is 11.1. The van der Waals surface area contributed by atoms with Crippen LogP contribution < -0.4 is 10.2 Å². The Hall–Kier alpha value is -3.50. The highest BCUT2D eigenvalue weighted by Crippen LogP contribution is 2.29. The van der Waals surface area contributed by atoms with Crippen molar-refractivity contribution in [3.05, 3.63) is 88.1 Å². The van der Waals surface area contributed by atoms with Gasteiger partial charge in [0.15, 0.2) is 11.0 Å². The molecule has 7 nitrogen and oxygen atoms in total. The molecule has 0 aliphatic rings. The number of nitrogens with one attached hydrogen (secondary N) is 1. The van der Waals surface area contributed by atoms with E-state index in [9.17, 15) is 9.18 Å². The molecule has 3 aromatic carbocycles. The molecule has 0 aliphatic carbocycles. The summed E-state index contributed by atoms with van der Waals surface area (Å²) >= 11 is 4.51. The van der Waals surface area contributed by atoms with Gasteiger partial charge in [-0.05, 0) is 61.5 Å². The van der Waals surface area contributed by atoms with Gasteiger partial charge in [-0.15, -0.1) is 10.2 Å². The van der Waals surface area contributed by atoms with E-state index in [1.54, 1.807) is 19.2 Å². The molecule has 4 rings (SSSR count). The van der Waals surface area contributed by atoms with Crippen LogP contribution >= 0.6 is 27.7 Å². The summed E-state index contributed by atoms with van der Waals surface area (Å²) in [5.74, 6) is 0.640. The molecule has 4 aromatic rings. The van der Waals surface area contributed by atoms with Gasteiger partial charge in [0.25, 0.3) is 5.91 Å². The van der Waals surface area contributed by atoms with E-state index in [0.29, 0.717) is 15.5 Å². The average molecular weight is 554 g/mol. The molecular weight excluding hydrogens is 533 g/mol. The van der Waals surface area contributed by atoms with Crippen molar-refractivity contribution in [2.45, 2.75) is 12.1 Å². The molecule has 1 N–H and O–H groups in total. The van der Waals surface area contributed by atoms with Gasteiger partial charge in [-0.1, -0.05) is 45.4 Å². The van der Waals surface area contributed by atoms with E-state index >= 15 is 0 Å². The van der Waals surface area contributed by atoms with E-state index in [-0.39, 0.29) is 17.2 Å². The molecule has 10 heteroatoms. The molecule has 0 saturated heterocycles. The van der Waals surface area contributed by atoms with Crippen LogP contribution in [-0.2, 0) is 4.79 Å². The van der Waals surface area contributed by atoms with Gasteiger partial charge in [-0.25, -0.2) is 9.82 Å². The second-order valence-electron chi connectivity index (χ2n) is 7.45. The number of nitrogens with zero attached hydrogens (tertiary/aromatic N) is 4. The minimum atomic E-state index is -0.433. The Labute approximate surface area is 214 Å². The number of halogens is 2. The Morgan fingerprint density at radius 2 is 1.89 bits per heavy atom. The number of hydrogen-bond acceptors (Lipinski definition) is 6. The predicted octanol–water partition coefficient (Wildman–Crippen LogP) is 5.40. The third-order valence-corrected chi connectivity index (χ3v) is 6.38. The first-order valence-corrected chi connectivity index (χ1v) is 12.3. The van der Waals surface area contributed by atoms with Gasteiger partial charge < -0.3 is 4.74 Å². The first-order valence-electron chi connectivity index (χ1n) is 10.5. The molecule has 0 saturated carbocycles. The summed E-state index contributed by atoms with van der Waals surface area (Å²) in [6.45, 7) is 2.01. The van der Waals surface area contributed by atoms with Gasteiger partial charge in [-0.2, -0.15) is 5.10 Å². The van der Waals surface area contributed by atoms with Crippen LogP contribution in [0, 0.1) is 12.7 Å². The molecule has 0 unspecified atom stereocenters. The van der Waals surface area contributed by atoms with Crippen molar-refractivity contribution in [3.8, 4) is 22.8 Å². The smallest absolute Gasteiger partial charge is 0.250 e. The highest BCUT2D eigenvalue weighted by molar-refractivity contribution is 9.10. The van der Waals surface area contributed by atoms with Crippen molar-refractivity contribution < 1.29 is 13.9 Å². The highest BCUT2D eigenvalue weighted by Gasteiger charge is 2.17. The van der Waals surface area contributed by atoms with Crippen LogP contribution in [0.15, 0.2) is 81.5 Å². The van der Waals surface area contributed by atoms with E-state index in [2.05, 4.69) is 36.7 Å². The molecule has 35 heavy (non-hydrogen) atoms. The Morgan fingerprint density at radius 1 is 1.14 bits per heavy atom. The van der Waals surface area contributed by atoms with Crippen LogP contribution in [0.1, 0.15) is 11.1 Å². The van der Waals surface area contributed by atoms with Gasteiger partial charge in [0.2, 0.25) is 0 Å². The first kappa shape index (κ1) is 24.6. The molecule has 0 spiro atoms. The highest BCUT2D eigenvalue weighted by atomic mass is 79.9. The maximum atomic E-state index is 13.8. The van der Waals surface area contributed by atoms with Crippen molar-refractivity contribution >= 4 is 39.8 Å². The number of hydrazone groups is 1. The number of carbonyl (C=O) groups is 1. The predicted molar refractivity (Wildman–Crippen MR) is 139 cm³/mol. The van der Waals surface area contributed by atoms with E-state index in [1.165, 1.54) is 24.0 Å². The minimum Gasteiger partial charge on any atom is -0.497 e. The molecule has 0 bridgehead atoms. The quantitative estimate of drug-likeness (QED) is 0.179. The molecular formula is C25H21BrFN5O2S. The molecule has 178 valence electrons. The number of benzene rings is 3. The zero-order valence-electron chi connectivity index (χ0n) is 18.9. The molecule has 0 radical (unpaired) electrons. The fourth-order valence-electron chi connectivity index (χ4n) is 3.17. The third-order valence-electron chi connectivity index (χ3n) is 4.96. The van der Waals surface area contributed by atoms with Gasteiger partial charge in [-0.3, -0.25) is 9.36 Å².